The van der Waals surface area contributed by atoms with E-state index in [0.29, 0.717) is 34.6 Å². The van der Waals surface area contributed by atoms with Gasteiger partial charge in [-0.05, 0) is 49.7 Å². The highest BCUT2D eigenvalue weighted by molar-refractivity contribution is 8.15. The van der Waals surface area contributed by atoms with E-state index in [9.17, 15) is 9.59 Å². The molecule has 2 aromatic rings. The number of esters is 1. The maximum Gasteiger partial charge on any atom is 0.343 e. The second-order valence-electron chi connectivity index (χ2n) is 5.88. The van der Waals surface area contributed by atoms with Crippen LogP contribution in [0, 0.1) is 6.92 Å². The van der Waals surface area contributed by atoms with E-state index in [1.165, 1.54) is 18.0 Å². The summed E-state index contributed by atoms with van der Waals surface area (Å²) in [6.45, 7) is 4.18. The molecule has 1 amide bonds. The average Bonchev–Trinajstić information content (AvgIpc) is 3.09. The molecule has 0 aliphatic carbocycles. The van der Waals surface area contributed by atoms with Crippen molar-refractivity contribution < 1.29 is 19.1 Å². The number of amidine groups is 1. The molecule has 1 N–H and O–H groups in total. The van der Waals surface area contributed by atoms with Gasteiger partial charge < -0.3 is 14.8 Å². The molecule has 1 fully saturated rings. The number of ether oxygens (including phenoxy) is 2. The molecule has 0 spiro atoms. The van der Waals surface area contributed by atoms with Crippen LogP contribution in [0.25, 0.3) is 0 Å². The second-order valence-corrected chi connectivity index (χ2v) is 6.85. The van der Waals surface area contributed by atoms with Gasteiger partial charge in [-0.3, -0.25) is 4.79 Å². The van der Waals surface area contributed by atoms with Crippen molar-refractivity contribution in [2.45, 2.75) is 13.8 Å². The van der Waals surface area contributed by atoms with Gasteiger partial charge in [-0.15, -0.1) is 5.10 Å². The van der Waals surface area contributed by atoms with Crippen LogP contribution in [0.15, 0.2) is 52.7 Å². The highest BCUT2D eigenvalue weighted by Crippen LogP contribution is 2.29. The van der Waals surface area contributed by atoms with Crippen molar-refractivity contribution in [3.05, 3.63) is 59.2 Å². The third-order valence-corrected chi connectivity index (χ3v) is 4.53. The minimum Gasteiger partial charge on any atom is -0.490 e. The zero-order valence-electron chi connectivity index (χ0n) is 15.5. The Morgan fingerprint density at radius 3 is 2.82 bits per heavy atom. The van der Waals surface area contributed by atoms with Crippen molar-refractivity contribution in [1.82, 2.24) is 5.32 Å². The van der Waals surface area contributed by atoms with Gasteiger partial charge in [-0.2, -0.15) is 5.10 Å². The molecule has 0 radical (unpaired) electrons. The summed E-state index contributed by atoms with van der Waals surface area (Å²) in [5.74, 6) is 0.576. The van der Waals surface area contributed by atoms with Gasteiger partial charge in [0, 0.05) is 0 Å². The molecule has 1 saturated heterocycles. The minimum absolute atomic E-state index is 0.0858. The number of amides is 1. The first-order valence-electron chi connectivity index (χ1n) is 8.64. The highest BCUT2D eigenvalue weighted by Gasteiger charge is 2.16. The Balaban J connectivity index is 1.75. The largest absolute Gasteiger partial charge is 0.490 e. The van der Waals surface area contributed by atoms with E-state index < -0.39 is 5.97 Å². The fourth-order valence-electron chi connectivity index (χ4n) is 2.42. The zero-order valence-corrected chi connectivity index (χ0v) is 16.3. The molecular formula is C20H19N3O4S. The molecule has 2 aromatic carbocycles. The fourth-order valence-corrected chi connectivity index (χ4v) is 3.05. The molecule has 0 unspecified atom stereocenters. The summed E-state index contributed by atoms with van der Waals surface area (Å²) in [6.07, 6.45) is 1.53. The summed E-state index contributed by atoms with van der Waals surface area (Å²) in [7, 11) is 0. The van der Waals surface area contributed by atoms with E-state index >= 15 is 0 Å². The number of thioether (sulfide) groups is 1. The van der Waals surface area contributed by atoms with E-state index in [1.807, 2.05) is 26.0 Å². The zero-order chi connectivity index (χ0) is 19.9. The van der Waals surface area contributed by atoms with Gasteiger partial charge in [-0.1, -0.05) is 29.5 Å². The first kappa shape index (κ1) is 19.6. The summed E-state index contributed by atoms with van der Waals surface area (Å²) in [6, 6.07) is 12.3. The van der Waals surface area contributed by atoms with Crippen LogP contribution in [0.2, 0.25) is 0 Å². The van der Waals surface area contributed by atoms with Crippen LogP contribution in [0.1, 0.15) is 28.4 Å². The summed E-state index contributed by atoms with van der Waals surface area (Å²) in [4.78, 5) is 23.5. The van der Waals surface area contributed by atoms with Gasteiger partial charge in [0.15, 0.2) is 16.7 Å². The third-order valence-electron chi connectivity index (χ3n) is 3.67. The molecule has 1 heterocycles. The second kappa shape index (κ2) is 9.18. The number of benzene rings is 2. The first-order chi connectivity index (χ1) is 13.5. The summed E-state index contributed by atoms with van der Waals surface area (Å²) < 4.78 is 11.1. The summed E-state index contributed by atoms with van der Waals surface area (Å²) in [5.41, 5.74) is 2.17. The number of rotatable bonds is 6. The van der Waals surface area contributed by atoms with Crippen molar-refractivity contribution in [3.63, 3.8) is 0 Å². The van der Waals surface area contributed by atoms with Crippen LogP contribution in [-0.4, -0.2) is 35.6 Å². The summed E-state index contributed by atoms with van der Waals surface area (Å²) >= 11 is 1.30. The molecule has 0 saturated carbocycles. The Bertz CT molecular complexity index is 956. The maximum absolute atomic E-state index is 12.4. The van der Waals surface area contributed by atoms with E-state index in [-0.39, 0.29) is 5.91 Å². The maximum atomic E-state index is 12.4. The number of carbonyl (C=O) groups is 2. The number of aryl methyl sites for hydroxylation is 1. The Morgan fingerprint density at radius 1 is 1.25 bits per heavy atom. The van der Waals surface area contributed by atoms with Crippen LogP contribution < -0.4 is 14.8 Å². The average molecular weight is 397 g/mol. The van der Waals surface area contributed by atoms with Gasteiger partial charge in [0.1, 0.15) is 0 Å². The highest BCUT2D eigenvalue weighted by atomic mass is 32.2. The number of carbonyl (C=O) groups excluding carboxylic acids is 2. The molecule has 7 nitrogen and oxygen atoms in total. The molecule has 1 aliphatic rings. The summed E-state index contributed by atoms with van der Waals surface area (Å²) in [5, 5.41) is 11.0. The van der Waals surface area contributed by atoms with E-state index in [0.717, 1.165) is 11.1 Å². The van der Waals surface area contributed by atoms with Gasteiger partial charge >= 0.3 is 5.97 Å². The topological polar surface area (TPSA) is 89.3 Å². The van der Waals surface area contributed by atoms with Gasteiger partial charge in [0.05, 0.1) is 24.1 Å². The lowest BCUT2D eigenvalue weighted by Crippen LogP contribution is -2.19. The van der Waals surface area contributed by atoms with Gasteiger partial charge in [-0.25, -0.2) is 4.79 Å². The van der Waals surface area contributed by atoms with Gasteiger partial charge in [0.25, 0.3) is 0 Å². The molecule has 0 atom stereocenters. The predicted octanol–water partition coefficient (Wildman–Crippen LogP) is 3.17. The van der Waals surface area contributed by atoms with Crippen molar-refractivity contribution >= 4 is 35.0 Å². The number of hydrogen-bond donors (Lipinski definition) is 1. The van der Waals surface area contributed by atoms with Crippen molar-refractivity contribution in [1.29, 1.82) is 0 Å². The first-order valence-corrected chi connectivity index (χ1v) is 9.63. The minimum atomic E-state index is -0.452. The third kappa shape index (κ3) is 5.20. The van der Waals surface area contributed by atoms with Crippen molar-refractivity contribution in [3.8, 4) is 11.5 Å². The Kier molecular flexibility index (Phi) is 6.44. The Labute approximate surface area is 166 Å². The lowest BCUT2D eigenvalue weighted by molar-refractivity contribution is -0.116. The number of nitrogens with zero attached hydrogens (tertiary/aromatic N) is 2. The lowest BCUT2D eigenvalue weighted by atomic mass is 10.1. The molecule has 3 rings (SSSR count). The molecule has 8 heteroatoms. The number of hydrogen-bond acceptors (Lipinski definition) is 7. The lowest BCUT2D eigenvalue weighted by Gasteiger charge is -2.11. The molecule has 0 bridgehead atoms. The SMILES string of the molecule is CCOc1cc(C=NN=C2NC(=O)CS2)ccc1OC(=O)c1cccc(C)c1. The quantitative estimate of drug-likeness (QED) is 0.350. The van der Waals surface area contributed by atoms with E-state index in [4.69, 9.17) is 9.47 Å². The van der Waals surface area contributed by atoms with Gasteiger partial charge in [0.2, 0.25) is 5.91 Å². The van der Waals surface area contributed by atoms with Crippen molar-refractivity contribution in [2.75, 3.05) is 12.4 Å². The van der Waals surface area contributed by atoms with Crippen molar-refractivity contribution in [2.24, 2.45) is 10.2 Å². The smallest absolute Gasteiger partial charge is 0.343 e. The number of nitrogens with one attached hydrogen (secondary N) is 1. The van der Waals surface area contributed by atoms with Crippen LogP contribution in [0.4, 0.5) is 0 Å². The molecular weight excluding hydrogens is 378 g/mol. The Hall–Kier alpha value is -3.13. The fraction of sp³-hybridized carbons (Fsp3) is 0.200. The van der Waals surface area contributed by atoms with E-state index in [2.05, 4.69) is 15.5 Å². The monoisotopic (exact) mass is 397 g/mol. The predicted molar refractivity (Wildman–Crippen MR) is 109 cm³/mol. The van der Waals surface area contributed by atoms with Crippen LogP contribution in [0.5, 0.6) is 11.5 Å². The normalized spacial score (nSPS) is 15.1. The van der Waals surface area contributed by atoms with E-state index in [1.54, 1.807) is 30.3 Å². The Morgan fingerprint density at radius 2 is 2.11 bits per heavy atom. The standard InChI is InChI=1S/C20H19N3O4S/c1-3-26-17-10-14(11-21-23-20-22-18(24)12-28-20)7-8-16(17)27-19(25)15-6-4-5-13(2)9-15/h4-11H,3,12H2,1-2H3,(H,22,23,24). The molecule has 28 heavy (non-hydrogen) atoms. The van der Waals surface area contributed by atoms with Crippen LogP contribution in [0.3, 0.4) is 0 Å². The van der Waals surface area contributed by atoms with Crippen LogP contribution in [-0.2, 0) is 4.79 Å². The van der Waals surface area contributed by atoms with Crippen LogP contribution >= 0.6 is 11.8 Å². The molecule has 0 aromatic heterocycles. The molecule has 144 valence electrons. The molecule has 1 aliphatic heterocycles.